The van der Waals surface area contributed by atoms with Crippen LogP contribution in [-0.4, -0.2) is 47.3 Å². The summed E-state index contributed by atoms with van der Waals surface area (Å²) in [6.45, 7) is 7.16. The van der Waals surface area contributed by atoms with E-state index in [1.807, 2.05) is 0 Å². The first-order valence-corrected chi connectivity index (χ1v) is 12.7. The number of hydrogen-bond donors (Lipinski definition) is 0. The highest BCUT2D eigenvalue weighted by Gasteiger charge is 2.39. The second kappa shape index (κ2) is 9.28. The van der Waals surface area contributed by atoms with Gasteiger partial charge in [-0.25, -0.2) is 0 Å². The number of likely N-dealkylation sites (tertiary alicyclic amines) is 1. The Labute approximate surface area is 188 Å². The van der Waals surface area contributed by atoms with Crippen LogP contribution in [-0.2, 0) is 6.42 Å². The van der Waals surface area contributed by atoms with E-state index >= 15 is 0 Å². The van der Waals surface area contributed by atoms with Crippen LogP contribution >= 0.6 is 0 Å². The van der Waals surface area contributed by atoms with E-state index in [4.69, 9.17) is 0 Å². The maximum atomic E-state index is 4.61. The summed E-state index contributed by atoms with van der Waals surface area (Å²) in [5.74, 6) is 1.05. The summed E-state index contributed by atoms with van der Waals surface area (Å²) < 4.78 is 0. The Morgan fingerprint density at radius 1 is 0.871 bits per heavy atom. The van der Waals surface area contributed by atoms with E-state index in [1.54, 1.807) is 0 Å². The highest BCUT2D eigenvalue weighted by atomic mass is 15.3. The number of aryl methyl sites for hydroxylation is 1. The predicted molar refractivity (Wildman–Crippen MR) is 128 cm³/mol. The van der Waals surface area contributed by atoms with Gasteiger partial charge < -0.3 is 9.80 Å². The summed E-state index contributed by atoms with van der Waals surface area (Å²) in [6, 6.07) is 14.1. The van der Waals surface area contributed by atoms with Crippen LogP contribution in [0.4, 0.5) is 5.82 Å². The molecule has 0 bridgehead atoms. The molecule has 4 heteroatoms. The van der Waals surface area contributed by atoms with Crippen molar-refractivity contribution in [3.05, 3.63) is 42.0 Å². The van der Waals surface area contributed by atoms with Gasteiger partial charge in [0.15, 0.2) is 5.82 Å². The minimum absolute atomic E-state index is 0.587. The number of unbranched alkanes of at least 4 members (excludes halogenated alkanes) is 1. The standard InChI is InChI=1S/C27H38N4/c1-2-3-5-22-8-10-23(11-9-22)25-12-13-26(29-28-25)31-20-16-27(17-21-31)14-18-30(19-15-27)24-6-4-7-24/h8-13,24H,2-7,14-21H2,1H3. The van der Waals surface area contributed by atoms with Gasteiger partial charge in [0.2, 0.25) is 0 Å². The van der Waals surface area contributed by atoms with Crippen LogP contribution in [0.5, 0.6) is 0 Å². The number of rotatable bonds is 6. The predicted octanol–water partition coefficient (Wildman–Crippen LogP) is 5.72. The van der Waals surface area contributed by atoms with Gasteiger partial charge >= 0.3 is 0 Å². The van der Waals surface area contributed by atoms with Crippen LogP contribution in [0.3, 0.4) is 0 Å². The van der Waals surface area contributed by atoms with Crippen LogP contribution < -0.4 is 4.90 Å². The summed E-state index contributed by atoms with van der Waals surface area (Å²) >= 11 is 0. The van der Waals surface area contributed by atoms with Gasteiger partial charge in [0.1, 0.15) is 0 Å². The van der Waals surface area contributed by atoms with Crippen molar-refractivity contribution in [2.75, 3.05) is 31.1 Å². The molecule has 1 spiro atoms. The first-order chi connectivity index (χ1) is 15.2. The molecule has 3 aliphatic rings. The van der Waals surface area contributed by atoms with Gasteiger partial charge in [-0.05, 0) is 87.6 Å². The zero-order valence-electron chi connectivity index (χ0n) is 19.2. The first-order valence-electron chi connectivity index (χ1n) is 12.7. The fourth-order valence-corrected chi connectivity index (χ4v) is 5.70. The van der Waals surface area contributed by atoms with Crippen molar-refractivity contribution < 1.29 is 0 Å². The molecule has 31 heavy (non-hydrogen) atoms. The minimum Gasteiger partial charge on any atom is -0.355 e. The Morgan fingerprint density at radius 2 is 1.58 bits per heavy atom. The SMILES string of the molecule is CCCCc1ccc(-c2ccc(N3CCC4(CC3)CCN(C3CCC3)CC4)nn2)cc1. The molecule has 0 amide bonds. The van der Waals surface area contributed by atoms with Crippen LogP contribution in [0, 0.1) is 5.41 Å². The molecule has 2 saturated heterocycles. The highest BCUT2D eigenvalue weighted by molar-refractivity contribution is 5.60. The topological polar surface area (TPSA) is 32.3 Å². The zero-order chi connectivity index (χ0) is 21.1. The van der Waals surface area contributed by atoms with Gasteiger partial charge in [0, 0.05) is 24.7 Å². The lowest BCUT2D eigenvalue weighted by atomic mass is 9.70. The van der Waals surface area contributed by atoms with E-state index in [0.29, 0.717) is 5.41 Å². The maximum absolute atomic E-state index is 4.61. The van der Waals surface area contributed by atoms with E-state index in [-0.39, 0.29) is 0 Å². The van der Waals surface area contributed by atoms with Crippen molar-refractivity contribution in [1.82, 2.24) is 15.1 Å². The van der Waals surface area contributed by atoms with Gasteiger partial charge in [0.05, 0.1) is 5.69 Å². The summed E-state index contributed by atoms with van der Waals surface area (Å²) in [6.07, 6.45) is 13.4. The molecule has 5 rings (SSSR count). The number of benzene rings is 1. The van der Waals surface area contributed by atoms with Crippen LogP contribution in [0.2, 0.25) is 0 Å². The average molecular weight is 419 g/mol. The van der Waals surface area contributed by atoms with E-state index < -0.39 is 0 Å². The lowest BCUT2D eigenvalue weighted by molar-refractivity contribution is 0.0305. The van der Waals surface area contributed by atoms with Gasteiger partial charge in [-0.3, -0.25) is 0 Å². The van der Waals surface area contributed by atoms with Crippen LogP contribution in [0.25, 0.3) is 11.3 Å². The monoisotopic (exact) mass is 418 g/mol. The molecule has 166 valence electrons. The molecule has 2 aliphatic heterocycles. The third kappa shape index (κ3) is 4.64. The van der Waals surface area contributed by atoms with Crippen LogP contribution in [0.1, 0.15) is 70.3 Å². The van der Waals surface area contributed by atoms with E-state index in [0.717, 1.165) is 42.6 Å². The number of aromatic nitrogens is 2. The van der Waals surface area contributed by atoms with E-state index in [1.165, 1.54) is 76.4 Å². The Morgan fingerprint density at radius 3 is 2.16 bits per heavy atom. The summed E-state index contributed by atoms with van der Waals surface area (Å²) in [5.41, 5.74) is 4.14. The van der Waals surface area contributed by atoms with Crippen molar-refractivity contribution in [3.63, 3.8) is 0 Å². The molecule has 4 nitrogen and oxygen atoms in total. The third-order valence-corrected chi connectivity index (χ3v) is 8.32. The van der Waals surface area contributed by atoms with E-state index in [2.05, 4.69) is 63.3 Å². The molecule has 0 radical (unpaired) electrons. The van der Waals surface area contributed by atoms with Crippen LogP contribution in [0.15, 0.2) is 36.4 Å². The third-order valence-electron chi connectivity index (χ3n) is 8.32. The number of hydrogen-bond acceptors (Lipinski definition) is 4. The molecule has 1 aromatic heterocycles. The Bertz CT molecular complexity index is 823. The lowest BCUT2D eigenvalue weighted by Gasteiger charge is -2.50. The second-order valence-corrected chi connectivity index (χ2v) is 10.2. The molecule has 1 saturated carbocycles. The normalized spacial score (nSPS) is 21.9. The molecule has 3 heterocycles. The largest absolute Gasteiger partial charge is 0.355 e. The average Bonchev–Trinajstić information content (AvgIpc) is 2.79. The molecule has 1 aliphatic carbocycles. The van der Waals surface area contributed by atoms with Gasteiger partial charge in [0.25, 0.3) is 0 Å². The highest BCUT2D eigenvalue weighted by Crippen LogP contribution is 2.43. The molecule has 2 aromatic rings. The maximum Gasteiger partial charge on any atom is 0.151 e. The molecule has 0 N–H and O–H groups in total. The number of nitrogens with zero attached hydrogens (tertiary/aromatic N) is 4. The minimum atomic E-state index is 0.587. The van der Waals surface area contributed by atoms with Crippen molar-refractivity contribution >= 4 is 5.82 Å². The quantitative estimate of drug-likeness (QED) is 0.600. The van der Waals surface area contributed by atoms with Crippen molar-refractivity contribution in [2.45, 2.75) is 77.2 Å². The summed E-state index contributed by atoms with van der Waals surface area (Å²) in [5, 5.41) is 9.17. The Balaban J connectivity index is 1.15. The molecule has 0 atom stereocenters. The van der Waals surface area contributed by atoms with Crippen molar-refractivity contribution in [1.29, 1.82) is 0 Å². The Hall–Kier alpha value is -1.94. The fraction of sp³-hybridized carbons (Fsp3) is 0.630. The van der Waals surface area contributed by atoms with E-state index in [9.17, 15) is 0 Å². The second-order valence-electron chi connectivity index (χ2n) is 10.2. The smallest absolute Gasteiger partial charge is 0.151 e. The molecular formula is C27H38N4. The molecule has 0 unspecified atom stereocenters. The van der Waals surface area contributed by atoms with Gasteiger partial charge in [-0.2, -0.15) is 0 Å². The van der Waals surface area contributed by atoms with Gasteiger partial charge in [-0.15, -0.1) is 10.2 Å². The summed E-state index contributed by atoms with van der Waals surface area (Å²) in [7, 11) is 0. The molecular weight excluding hydrogens is 380 g/mol. The summed E-state index contributed by atoms with van der Waals surface area (Å²) in [4.78, 5) is 5.23. The molecule has 1 aromatic carbocycles. The molecule has 3 fully saturated rings. The fourth-order valence-electron chi connectivity index (χ4n) is 5.70. The van der Waals surface area contributed by atoms with Crippen molar-refractivity contribution in [3.8, 4) is 11.3 Å². The van der Waals surface area contributed by atoms with Crippen molar-refractivity contribution in [2.24, 2.45) is 5.41 Å². The number of anilines is 1. The number of piperidine rings is 2. The van der Waals surface area contributed by atoms with Gasteiger partial charge in [-0.1, -0.05) is 44.0 Å². The first kappa shape index (κ1) is 20.9. The zero-order valence-corrected chi connectivity index (χ0v) is 19.2. The Kier molecular flexibility index (Phi) is 6.27. The lowest BCUT2D eigenvalue weighted by Crippen LogP contribution is -2.51.